The fourth-order valence-corrected chi connectivity index (χ4v) is 3.22. The van der Waals surface area contributed by atoms with Crippen LogP contribution in [-0.2, 0) is 0 Å². The maximum absolute atomic E-state index is 9.21. The molecule has 0 radical (unpaired) electrons. The second-order valence-electron chi connectivity index (χ2n) is 5.84. The Bertz CT molecular complexity index is 223. The molecule has 106 valence electrons. The number of hydrogen-bond acceptors (Lipinski definition) is 4. The van der Waals surface area contributed by atoms with E-state index in [4.69, 9.17) is 0 Å². The predicted octanol–water partition coefficient (Wildman–Crippen LogP) is 0.471. The van der Waals surface area contributed by atoms with Crippen LogP contribution >= 0.6 is 0 Å². The topological polar surface area (TPSA) is 30.0 Å². The van der Waals surface area contributed by atoms with Crippen LogP contribution in [0.5, 0.6) is 0 Å². The van der Waals surface area contributed by atoms with E-state index < -0.39 is 0 Å². The Kier molecular flexibility index (Phi) is 5.89. The first-order valence-electron chi connectivity index (χ1n) is 7.55. The maximum atomic E-state index is 9.21. The van der Waals surface area contributed by atoms with Gasteiger partial charge in [-0.25, -0.2) is 0 Å². The van der Waals surface area contributed by atoms with Crippen molar-refractivity contribution >= 4 is 0 Å². The lowest BCUT2D eigenvalue weighted by Gasteiger charge is -2.35. The third-order valence-electron chi connectivity index (χ3n) is 4.53. The van der Waals surface area contributed by atoms with Crippen LogP contribution in [0.2, 0.25) is 0 Å². The molecule has 0 unspecified atom stereocenters. The number of aliphatic hydroxyl groups is 1. The fraction of sp³-hybridized carbons (Fsp3) is 1.00. The van der Waals surface area contributed by atoms with E-state index in [2.05, 4.69) is 21.7 Å². The first kappa shape index (κ1) is 14.3. The zero-order chi connectivity index (χ0) is 12.8. The zero-order valence-corrected chi connectivity index (χ0v) is 11.9. The molecule has 1 saturated carbocycles. The molecule has 0 amide bonds. The molecule has 1 saturated heterocycles. The standard InChI is InChI=1S/C14H29N3O/c1-15-6-8-16(9-7-15)10-11-17(12-13-18)14-4-2-3-5-14/h14,18H,2-13H2,1H3. The van der Waals surface area contributed by atoms with Crippen molar-refractivity contribution in [1.82, 2.24) is 14.7 Å². The summed E-state index contributed by atoms with van der Waals surface area (Å²) in [5.41, 5.74) is 0. The van der Waals surface area contributed by atoms with Crippen LogP contribution in [0.4, 0.5) is 0 Å². The van der Waals surface area contributed by atoms with Crippen LogP contribution < -0.4 is 0 Å². The van der Waals surface area contributed by atoms with E-state index in [0.29, 0.717) is 6.61 Å². The lowest BCUT2D eigenvalue weighted by molar-refractivity contribution is 0.107. The normalized spacial score (nSPS) is 24.2. The summed E-state index contributed by atoms with van der Waals surface area (Å²) in [5.74, 6) is 0. The predicted molar refractivity (Wildman–Crippen MR) is 74.9 cm³/mol. The molecule has 1 heterocycles. The van der Waals surface area contributed by atoms with Gasteiger partial charge in [-0.2, -0.15) is 0 Å². The number of hydrogen-bond donors (Lipinski definition) is 1. The van der Waals surface area contributed by atoms with E-state index in [1.807, 2.05) is 0 Å². The van der Waals surface area contributed by atoms with Crippen molar-refractivity contribution in [2.24, 2.45) is 0 Å². The van der Waals surface area contributed by atoms with Gasteiger partial charge in [0.25, 0.3) is 0 Å². The minimum Gasteiger partial charge on any atom is -0.395 e. The van der Waals surface area contributed by atoms with Gasteiger partial charge in [0.15, 0.2) is 0 Å². The molecule has 4 heteroatoms. The van der Waals surface area contributed by atoms with E-state index in [-0.39, 0.29) is 0 Å². The molecular weight excluding hydrogens is 226 g/mol. The van der Waals surface area contributed by atoms with E-state index in [9.17, 15) is 5.11 Å². The summed E-state index contributed by atoms with van der Waals surface area (Å²) >= 11 is 0. The summed E-state index contributed by atoms with van der Waals surface area (Å²) in [4.78, 5) is 7.49. The smallest absolute Gasteiger partial charge is 0.0558 e. The summed E-state index contributed by atoms with van der Waals surface area (Å²) in [7, 11) is 2.20. The summed E-state index contributed by atoms with van der Waals surface area (Å²) in [6.45, 7) is 8.27. The molecule has 2 aliphatic rings. The number of piperazine rings is 1. The van der Waals surface area contributed by atoms with Crippen molar-refractivity contribution in [3.63, 3.8) is 0 Å². The van der Waals surface area contributed by atoms with E-state index in [1.54, 1.807) is 0 Å². The van der Waals surface area contributed by atoms with Gasteiger partial charge in [-0.1, -0.05) is 12.8 Å². The summed E-state index contributed by atoms with van der Waals surface area (Å²) in [6, 6.07) is 0.740. The van der Waals surface area contributed by atoms with Gasteiger partial charge in [0, 0.05) is 51.9 Å². The van der Waals surface area contributed by atoms with Crippen molar-refractivity contribution in [2.75, 3.05) is 59.5 Å². The molecule has 0 bridgehead atoms. The molecule has 0 aromatic carbocycles. The van der Waals surface area contributed by atoms with Crippen molar-refractivity contribution in [3.8, 4) is 0 Å². The summed E-state index contributed by atoms with van der Waals surface area (Å²) in [5, 5.41) is 9.21. The Morgan fingerprint density at radius 2 is 1.72 bits per heavy atom. The third-order valence-corrected chi connectivity index (χ3v) is 4.53. The summed E-state index contributed by atoms with van der Waals surface area (Å²) in [6.07, 6.45) is 5.42. The minimum atomic E-state index is 0.305. The van der Waals surface area contributed by atoms with Gasteiger partial charge >= 0.3 is 0 Å². The SMILES string of the molecule is CN1CCN(CCN(CCO)C2CCCC2)CC1. The number of rotatable bonds is 6. The average molecular weight is 255 g/mol. The monoisotopic (exact) mass is 255 g/mol. The van der Waals surface area contributed by atoms with Crippen LogP contribution in [0.3, 0.4) is 0 Å². The van der Waals surface area contributed by atoms with E-state index in [0.717, 1.165) is 19.1 Å². The highest BCUT2D eigenvalue weighted by atomic mass is 16.3. The molecule has 0 aromatic heterocycles. The molecule has 1 N–H and O–H groups in total. The van der Waals surface area contributed by atoms with E-state index in [1.165, 1.54) is 58.4 Å². The van der Waals surface area contributed by atoms with Crippen LogP contribution in [0.1, 0.15) is 25.7 Å². The van der Waals surface area contributed by atoms with Gasteiger partial charge in [-0.15, -0.1) is 0 Å². The van der Waals surface area contributed by atoms with Gasteiger partial charge in [-0.05, 0) is 19.9 Å². The van der Waals surface area contributed by atoms with E-state index >= 15 is 0 Å². The molecule has 2 rings (SSSR count). The molecule has 1 aliphatic heterocycles. The second-order valence-corrected chi connectivity index (χ2v) is 5.84. The first-order chi connectivity index (χ1) is 8.79. The molecule has 4 nitrogen and oxygen atoms in total. The largest absolute Gasteiger partial charge is 0.395 e. The highest BCUT2D eigenvalue weighted by Crippen LogP contribution is 2.23. The Balaban J connectivity index is 1.71. The number of likely N-dealkylation sites (N-methyl/N-ethyl adjacent to an activating group) is 1. The molecule has 1 aliphatic carbocycles. The molecule has 0 spiro atoms. The van der Waals surface area contributed by atoms with Gasteiger partial charge in [0.05, 0.1) is 6.61 Å². The minimum absolute atomic E-state index is 0.305. The lowest BCUT2D eigenvalue weighted by atomic mass is 10.2. The average Bonchev–Trinajstić information content (AvgIpc) is 2.90. The zero-order valence-electron chi connectivity index (χ0n) is 11.9. The van der Waals surface area contributed by atoms with Crippen LogP contribution in [-0.4, -0.2) is 85.3 Å². The third kappa shape index (κ3) is 4.19. The van der Waals surface area contributed by atoms with Crippen molar-refractivity contribution in [1.29, 1.82) is 0 Å². The Morgan fingerprint density at radius 3 is 2.33 bits per heavy atom. The molecule has 18 heavy (non-hydrogen) atoms. The second kappa shape index (κ2) is 7.43. The van der Waals surface area contributed by atoms with Crippen LogP contribution in [0.15, 0.2) is 0 Å². The van der Waals surface area contributed by atoms with Crippen molar-refractivity contribution in [2.45, 2.75) is 31.7 Å². The Labute approximate surface area is 112 Å². The molecule has 0 atom stereocenters. The Hall–Kier alpha value is -0.160. The quantitative estimate of drug-likeness (QED) is 0.747. The van der Waals surface area contributed by atoms with Crippen molar-refractivity contribution < 1.29 is 5.11 Å². The lowest BCUT2D eigenvalue weighted by Crippen LogP contribution is -2.48. The number of aliphatic hydroxyl groups excluding tert-OH is 1. The molecule has 2 fully saturated rings. The van der Waals surface area contributed by atoms with Gasteiger partial charge in [0.2, 0.25) is 0 Å². The Morgan fingerprint density at radius 1 is 1.06 bits per heavy atom. The number of nitrogens with zero attached hydrogens (tertiary/aromatic N) is 3. The van der Waals surface area contributed by atoms with Crippen LogP contribution in [0, 0.1) is 0 Å². The van der Waals surface area contributed by atoms with Crippen molar-refractivity contribution in [3.05, 3.63) is 0 Å². The summed E-state index contributed by atoms with van der Waals surface area (Å²) < 4.78 is 0. The van der Waals surface area contributed by atoms with Gasteiger partial charge in [-0.3, -0.25) is 9.80 Å². The first-order valence-corrected chi connectivity index (χ1v) is 7.55. The van der Waals surface area contributed by atoms with Crippen LogP contribution in [0.25, 0.3) is 0 Å². The van der Waals surface area contributed by atoms with Gasteiger partial charge in [0.1, 0.15) is 0 Å². The van der Waals surface area contributed by atoms with Gasteiger partial charge < -0.3 is 10.0 Å². The highest BCUT2D eigenvalue weighted by molar-refractivity contribution is 4.79. The maximum Gasteiger partial charge on any atom is 0.0558 e. The highest BCUT2D eigenvalue weighted by Gasteiger charge is 2.23. The molecule has 0 aromatic rings. The fourth-order valence-electron chi connectivity index (χ4n) is 3.22. The molecular formula is C14H29N3O.